The van der Waals surface area contributed by atoms with Crippen LogP contribution in [-0.2, 0) is 18.6 Å². The maximum absolute atomic E-state index is 13.6. The van der Waals surface area contributed by atoms with Crippen LogP contribution in [0, 0.1) is 0 Å². The number of carbonyl (C=O) groups excluding carboxylic acids is 1. The van der Waals surface area contributed by atoms with E-state index in [1.165, 1.54) is 20.0 Å². The fourth-order valence-electron chi connectivity index (χ4n) is 3.50. The van der Waals surface area contributed by atoms with Crippen LogP contribution in [0.3, 0.4) is 0 Å². The molecule has 0 amide bonds. The number of H-pyrrole nitrogens is 1. The first-order chi connectivity index (χ1) is 16.8. The number of aromatic nitrogens is 2. The number of esters is 1. The second-order valence-corrected chi connectivity index (χ2v) is 11.8. The molecular formula is C22H30N3O9PS. The number of aromatic amines is 1. The number of nitrogens with zero attached hydrogens (tertiary/aromatic N) is 1. The molecule has 1 unspecified atom stereocenters. The molecule has 1 fully saturated rings. The lowest BCUT2D eigenvalue weighted by atomic mass is 9.96. The van der Waals surface area contributed by atoms with E-state index in [0.717, 1.165) is 22.4 Å². The number of hydrogen-bond donors (Lipinski definition) is 4. The number of aliphatic hydroxyl groups excluding tert-OH is 1. The minimum absolute atomic E-state index is 0.210. The van der Waals surface area contributed by atoms with Crippen molar-refractivity contribution in [3.63, 3.8) is 0 Å². The molecule has 4 N–H and O–H groups in total. The van der Waals surface area contributed by atoms with Gasteiger partial charge in [-0.25, -0.2) is 9.36 Å². The standard InChI is InChI=1S/C22H30N3O9PS/c1-13(2)33-19(28)14(3)24-35(31,34-15-8-6-5-7-9-15)32-12-16-18(27)22(4,30)20(36-16)25-11-10-17(26)23-21(25)29/h5-11,13-14,16,18,20,27,30H,12H2,1-4H3,(H,24,31)(H,23,26,29)/t14-,16+,18+,20+,22+,35?/m0/s1. The molecule has 1 saturated heterocycles. The van der Waals surface area contributed by atoms with Crippen molar-refractivity contribution in [2.75, 3.05) is 6.61 Å². The molecule has 198 valence electrons. The van der Waals surface area contributed by atoms with Crippen LogP contribution in [-0.4, -0.2) is 61.4 Å². The summed E-state index contributed by atoms with van der Waals surface area (Å²) < 4.78 is 31.1. The van der Waals surface area contributed by atoms with E-state index in [1.54, 1.807) is 44.2 Å². The number of aliphatic hydroxyl groups is 2. The number of thioether (sulfide) groups is 1. The third-order valence-corrected chi connectivity index (χ3v) is 8.64. The Morgan fingerprint density at radius 2 is 1.92 bits per heavy atom. The van der Waals surface area contributed by atoms with Gasteiger partial charge in [0.2, 0.25) is 0 Å². The van der Waals surface area contributed by atoms with Gasteiger partial charge in [0.05, 0.1) is 24.1 Å². The summed E-state index contributed by atoms with van der Waals surface area (Å²) in [5.74, 6) is -0.455. The summed E-state index contributed by atoms with van der Waals surface area (Å²) in [6.45, 7) is 5.76. The number of benzene rings is 1. The molecule has 2 aromatic rings. The first kappa shape index (κ1) is 28.2. The molecule has 1 aliphatic heterocycles. The van der Waals surface area contributed by atoms with E-state index in [9.17, 15) is 29.2 Å². The maximum atomic E-state index is 13.6. The lowest BCUT2D eigenvalue weighted by Crippen LogP contribution is -2.46. The zero-order valence-corrected chi connectivity index (χ0v) is 21.9. The van der Waals surface area contributed by atoms with Gasteiger partial charge in [-0.05, 0) is 39.8 Å². The Morgan fingerprint density at radius 1 is 1.25 bits per heavy atom. The number of para-hydroxylation sites is 1. The van der Waals surface area contributed by atoms with Gasteiger partial charge in [0.25, 0.3) is 5.56 Å². The lowest BCUT2D eigenvalue weighted by Gasteiger charge is -2.29. The smallest absolute Gasteiger partial charge is 0.459 e. The molecular weight excluding hydrogens is 513 g/mol. The number of rotatable bonds is 10. The highest BCUT2D eigenvalue weighted by Gasteiger charge is 2.53. The van der Waals surface area contributed by atoms with Crippen molar-refractivity contribution in [2.45, 2.75) is 62.2 Å². The molecule has 36 heavy (non-hydrogen) atoms. The van der Waals surface area contributed by atoms with Gasteiger partial charge >= 0.3 is 19.4 Å². The summed E-state index contributed by atoms with van der Waals surface area (Å²) in [5, 5.41) is 22.5. The zero-order chi connectivity index (χ0) is 26.7. The van der Waals surface area contributed by atoms with E-state index < -0.39 is 59.4 Å². The largest absolute Gasteiger partial charge is 0.462 e. The first-order valence-corrected chi connectivity index (χ1v) is 13.7. The van der Waals surface area contributed by atoms with Crippen LogP contribution < -0.4 is 20.9 Å². The van der Waals surface area contributed by atoms with Gasteiger partial charge in [-0.15, -0.1) is 11.8 Å². The molecule has 3 rings (SSSR count). The Kier molecular flexibility index (Phi) is 8.86. The van der Waals surface area contributed by atoms with E-state index in [1.807, 2.05) is 0 Å². The van der Waals surface area contributed by atoms with Crippen LogP contribution in [0.4, 0.5) is 0 Å². The number of ether oxygens (including phenoxy) is 1. The minimum atomic E-state index is -4.20. The van der Waals surface area contributed by atoms with Crippen molar-refractivity contribution in [2.24, 2.45) is 0 Å². The molecule has 12 nitrogen and oxygen atoms in total. The summed E-state index contributed by atoms with van der Waals surface area (Å²) in [6.07, 6.45) is -0.576. The van der Waals surface area contributed by atoms with Crippen LogP contribution in [0.25, 0.3) is 0 Å². The van der Waals surface area contributed by atoms with Gasteiger partial charge in [0.1, 0.15) is 22.8 Å². The molecule has 0 saturated carbocycles. The van der Waals surface area contributed by atoms with Gasteiger partial charge in [0, 0.05) is 12.3 Å². The van der Waals surface area contributed by atoms with E-state index in [2.05, 4.69) is 10.1 Å². The highest BCUT2D eigenvalue weighted by Crippen LogP contribution is 2.51. The molecule has 0 spiro atoms. The van der Waals surface area contributed by atoms with Crippen molar-refractivity contribution < 1.29 is 33.4 Å². The SMILES string of the molecule is CC(C)OC(=O)[C@H](C)NP(=O)(OC[C@H]1S[C@@H](n2ccc(=O)[nH]c2=O)[C@](C)(O)[C@@H]1O)Oc1ccccc1. The normalized spacial score (nSPS) is 26.4. The maximum Gasteiger partial charge on any atom is 0.459 e. The van der Waals surface area contributed by atoms with Crippen molar-refractivity contribution in [3.8, 4) is 5.75 Å². The summed E-state index contributed by atoms with van der Waals surface area (Å²) in [6, 6.07) is 8.24. The van der Waals surface area contributed by atoms with Crippen molar-refractivity contribution in [1.29, 1.82) is 0 Å². The van der Waals surface area contributed by atoms with Gasteiger partial charge in [-0.3, -0.25) is 23.7 Å². The van der Waals surface area contributed by atoms with E-state index in [0.29, 0.717) is 0 Å². The highest BCUT2D eigenvalue weighted by atomic mass is 32.2. The van der Waals surface area contributed by atoms with Crippen molar-refractivity contribution in [1.82, 2.24) is 14.6 Å². The monoisotopic (exact) mass is 543 g/mol. The third-order valence-electron chi connectivity index (χ3n) is 5.29. The van der Waals surface area contributed by atoms with Gasteiger partial charge in [0.15, 0.2) is 0 Å². The number of hydrogen-bond acceptors (Lipinski definition) is 10. The zero-order valence-electron chi connectivity index (χ0n) is 20.2. The first-order valence-electron chi connectivity index (χ1n) is 11.2. The quantitative estimate of drug-likeness (QED) is 0.252. The summed E-state index contributed by atoms with van der Waals surface area (Å²) in [5.41, 5.74) is -3.16. The Bertz CT molecular complexity index is 1220. The van der Waals surface area contributed by atoms with E-state index >= 15 is 0 Å². The number of carbonyl (C=O) groups is 1. The Balaban J connectivity index is 1.80. The summed E-state index contributed by atoms with van der Waals surface area (Å²) in [4.78, 5) is 38.1. The molecule has 0 aliphatic carbocycles. The van der Waals surface area contributed by atoms with Crippen LogP contribution in [0.5, 0.6) is 5.75 Å². The van der Waals surface area contributed by atoms with Crippen LogP contribution >= 0.6 is 19.5 Å². The van der Waals surface area contributed by atoms with Crippen LogP contribution in [0.1, 0.15) is 33.1 Å². The molecule has 0 bridgehead atoms. The second-order valence-electron chi connectivity index (χ2n) is 8.75. The van der Waals surface area contributed by atoms with Gasteiger partial charge in [-0.1, -0.05) is 18.2 Å². The Morgan fingerprint density at radius 3 is 2.53 bits per heavy atom. The number of nitrogens with one attached hydrogen (secondary N) is 2. The second kappa shape index (κ2) is 11.3. The minimum Gasteiger partial charge on any atom is -0.462 e. The Labute approximate surface area is 211 Å². The fourth-order valence-corrected chi connectivity index (χ4v) is 6.73. The molecule has 2 heterocycles. The third kappa shape index (κ3) is 6.67. The predicted octanol–water partition coefficient (Wildman–Crippen LogP) is 1.40. The average molecular weight is 544 g/mol. The van der Waals surface area contributed by atoms with E-state index in [4.69, 9.17) is 13.8 Å². The Hall–Kier alpha value is -2.41. The fraction of sp³-hybridized carbons (Fsp3) is 0.500. The topological polar surface area (TPSA) is 169 Å². The predicted molar refractivity (Wildman–Crippen MR) is 133 cm³/mol. The highest BCUT2D eigenvalue weighted by molar-refractivity contribution is 8.00. The van der Waals surface area contributed by atoms with Gasteiger partial charge in [-0.2, -0.15) is 5.09 Å². The lowest BCUT2D eigenvalue weighted by molar-refractivity contribution is -0.149. The average Bonchev–Trinajstić information content (AvgIpc) is 3.01. The summed E-state index contributed by atoms with van der Waals surface area (Å²) in [7, 11) is -4.20. The molecule has 1 aromatic heterocycles. The summed E-state index contributed by atoms with van der Waals surface area (Å²) >= 11 is 0.999. The van der Waals surface area contributed by atoms with Crippen LogP contribution in [0.15, 0.2) is 52.2 Å². The van der Waals surface area contributed by atoms with Crippen molar-refractivity contribution >= 4 is 25.5 Å². The molecule has 6 atom stereocenters. The molecule has 1 aromatic carbocycles. The molecule has 1 aliphatic rings. The van der Waals surface area contributed by atoms with Crippen molar-refractivity contribution in [3.05, 3.63) is 63.4 Å². The van der Waals surface area contributed by atoms with Crippen LogP contribution in [0.2, 0.25) is 0 Å². The molecule has 14 heteroatoms. The molecule has 0 radical (unpaired) electrons. The van der Waals surface area contributed by atoms with Gasteiger partial charge < -0.3 is 19.5 Å². The van der Waals surface area contributed by atoms with E-state index in [-0.39, 0.29) is 12.4 Å².